The highest BCUT2D eigenvalue weighted by molar-refractivity contribution is 6.31. The highest BCUT2D eigenvalue weighted by atomic mass is 35.5. The molecule has 0 fully saturated rings. The zero-order chi connectivity index (χ0) is 16.7. The summed E-state index contributed by atoms with van der Waals surface area (Å²) in [6.45, 7) is 0. The molecule has 6 heteroatoms. The van der Waals surface area contributed by atoms with Crippen molar-refractivity contribution in [3.8, 4) is 29.7 Å². The van der Waals surface area contributed by atoms with Crippen molar-refractivity contribution >= 4 is 17.3 Å². The Balaban J connectivity index is 2.41. The first-order valence-electron chi connectivity index (χ1n) is 6.42. The quantitative estimate of drug-likeness (QED) is 0.844. The van der Waals surface area contributed by atoms with Crippen molar-refractivity contribution in [1.29, 1.82) is 15.8 Å². The molecule has 0 aliphatic rings. The first-order chi connectivity index (χ1) is 11.2. The molecule has 0 aliphatic heterocycles. The second kappa shape index (κ2) is 7.52. The van der Waals surface area contributed by atoms with Gasteiger partial charge in [0.25, 0.3) is 0 Å². The molecule has 0 heterocycles. The zero-order valence-corrected chi connectivity index (χ0v) is 12.5. The van der Waals surface area contributed by atoms with Gasteiger partial charge in [-0.15, -0.1) is 0 Å². The van der Waals surface area contributed by atoms with Crippen LogP contribution in [0.4, 0.5) is 5.69 Å². The van der Waals surface area contributed by atoms with Crippen LogP contribution in [0.5, 0.6) is 11.5 Å². The summed E-state index contributed by atoms with van der Waals surface area (Å²) < 4.78 is 5.74. The van der Waals surface area contributed by atoms with Gasteiger partial charge in [0.05, 0.1) is 5.69 Å². The minimum Gasteiger partial charge on any atom is -0.455 e. The molecule has 0 radical (unpaired) electrons. The average Bonchev–Trinajstić information content (AvgIpc) is 2.58. The van der Waals surface area contributed by atoms with Gasteiger partial charge in [-0.05, 0) is 30.3 Å². The Bertz CT molecular complexity index is 854. The third kappa shape index (κ3) is 4.02. The number of nitrogens with zero attached hydrogens (tertiary/aromatic N) is 3. The van der Waals surface area contributed by atoms with E-state index in [2.05, 4.69) is 5.32 Å². The SMILES string of the molecule is N#CC(C#N)=C(C#N)Nc1cc(Cl)ccc1Oc1ccccc1. The lowest BCUT2D eigenvalue weighted by Gasteiger charge is -2.13. The highest BCUT2D eigenvalue weighted by Gasteiger charge is 2.11. The fourth-order valence-electron chi connectivity index (χ4n) is 1.72. The molecule has 0 bridgehead atoms. The maximum absolute atomic E-state index is 9.12. The molecule has 0 unspecified atom stereocenters. The van der Waals surface area contributed by atoms with Crippen molar-refractivity contribution in [2.75, 3.05) is 5.32 Å². The third-order valence-electron chi connectivity index (χ3n) is 2.76. The van der Waals surface area contributed by atoms with Crippen molar-refractivity contribution < 1.29 is 4.74 Å². The van der Waals surface area contributed by atoms with Gasteiger partial charge < -0.3 is 10.1 Å². The fraction of sp³-hybridized carbons (Fsp3) is 0. The van der Waals surface area contributed by atoms with Gasteiger partial charge in [0, 0.05) is 5.02 Å². The Morgan fingerprint density at radius 1 is 0.957 bits per heavy atom. The van der Waals surface area contributed by atoms with Gasteiger partial charge in [0.2, 0.25) is 0 Å². The van der Waals surface area contributed by atoms with E-state index in [-0.39, 0.29) is 11.3 Å². The van der Waals surface area contributed by atoms with Crippen LogP contribution in [0.2, 0.25) is 5.02 Å². The van der Waals surface area contributed by atoms with Crippen molar-refractivity contribution in [1.82, 2.24) is 0 Å². The van der Waals surface area contributed by atoms with Gasteiger partial charge in [-0.3, -0.25) is 0 Å². The number of ether oxygens (including phenoxy) is 1. The van der Waals surface area contributed by atoms with Gasteiger partial charge in [-0.2, -0.15) is 15.8 Å². The Kier molecular flexibility index (Phi) is 5.21. The van der Waals surface area contributed by atoms with Crippen molar-refractivity contribution in [3.05, 3.63) is 64.8 Å². The summed E-state index contributed by atoms with van der Waals surface area (Å²) in [5.74, 6) is 1.00. The van der Waals surface area contributed by atoms with E-state index < -0.39 is 0 Å². The number of hydrogen-bond acceptors (Lipinski definition) is 5. The van der Waals surface area contributed by atoms with Crippen molar-refractivity contribution in [2.24, 2.45) is 0 Å². The molecule has 5 nitrogen and oxygen atoms in total. The lowest BCUT2D eigenvalue weighted by Crippen LogP contribution is -2.02. The van der Waals surface area contributed by atoms with E-state index in [0.29, 0.717) is 22.2 Å². The van der Waals surface area contributed by atoms with Gasteiger partial charge in [-0.25, -0.2) is 0 Å². The Morgan fingerprint density at radius 2 is 1.65 bits per heavy atom. The summed E-state index contributed by atoms with van der Waals surface area (Å²) >= 11 is 5.97. The summed E-state index contributed by atoms with van der Waals surface area (Å²) in [4.78, 5) is 0. The van der Waals surface area contributed by atoms with Crippen LogP contribution < -0.4 is 10.1 Å². The zero-order valence-electron chi connectivity index (χ0n) is 11.7. The van der Waals surface area contributed by atoms with E-state index >= 15 is 0 Å². The second-order valence-electron chi connectivity index (χ2n) is 4.27. The monoisotopic (exact) mass is 320 g/mol. The summed E-state index contributed by atoms with van der Waals surface area (Å²) in [6, 6.07) is 19.0. The number of hydrogen-bond donors (Lipinski definition) is 1. The topological polar surface area (TPSA) is 92.6 Å². The Hall–Kier alpha value is -3.46. The number of anilines is 1. The van der Waals surface area contributed by atoms with Crippen LogP contribution in [-0.2, 0) is 0 Å². The summed E-state index contributed by atoms with van der Waals surface area (Å²) in [6.07, 6.45) is 0. The van der Waals surface area contributed by atoms with Crippen LogP contribution in [0.25, 0.3) is 0 Å². The second-order valence-corrected chi connectivity index (χ2v) is 4.70. The summed E-state index contributed by atoms with van der Waals surface area (Å²) in [7, 11) is 0. The summed E-state index contributed by atoms with van der Waals surface area (Å²) in [5.41, 5.74) is -0.116. The molecule has 0 amide bonds. The molecule has 0 saturated heterocycles. The number of para-hydroxylation sites is 1. The first kappa shape index (κ1) is 15.9. The highest BCUT2D eigenvalue weighted by Crippen LogP contribution is 2.33. The van der Waals surface area contributed by atoms with Gasteiger partial charge in [0.1, 0.15) is 29.7 Å². The number of halogens is 1. The molecule has 0 aliphatic carbocycles. The first-order valence-corrected chi connectivity index (χ1v) is 6.79. The lowest BCUT2D eigenvalue weighted by atomic mass is 10.2. The van der Waals surface area contributed by atoms with Crippen molar-refractivity contribution in [2.45, 2.75) is 0 Å². The van der Waals surface area contributed by atoms with Crippen LogP contribution in [0.1, 0.15) is 0 Å². The van der Waals surface area contributed by atoms with E-state index in [0.717, 1.165) is 0 Å². The molecule has 0 spiro atoms. The summed E-state index contributed by atoms with van der Waals surface area (Å²) in [5, 5.41) is 30.0. The molecule has 1 N–H and O–H groups in total. The molecule has 23 heavy (non-hydrogen) atoms. The number of rotatable bonds is 4. The van der Waals surface area contributed by atoms with E-state index in [1.807, 2.05) is 18.2 Å². The maximum atomic E-state index is 9.12. The molecular formula is C17H9ClN4O. The standard InChI is InChI=1S/C17H9ClN4O/c18-13-6-7-17(23-14-4-2-1-3-5-14)15(8-13)22-16(11-21)12(9-19)10-20/h1-8,22H. The molecule has 2 rings (SSSR count). The molecular weight excluding hydrogens is 312 g/mol. The number of nitrogens with one attached hydrogen (secondary N) is 1. The van der Waals surface area contributed by atoms with Crippen LogP contribution in [0.3, 0.4) is 0 Å². The van der Waals surface area contributed by atoms with E-state index in [9.17, 15) is 0 Å². The van der Waals surface area contributed by atoms with E-state index in [4.69, 9.17) is 32.1 Å². The number of allylic oxidation sites excluding steroid dienone is 2. The van der Waals surface area contributed by atoms with Crippen LogP contribution >= 0.6 is 11.6 Å². The largest absolute Gasteiger partial charge is 0.455 e. The normalized spacial score (nSPS) is 8.96. The minimum absolute atomic E-state index is 0.171. The molecule has 0 aromatic heterocycles. The lowest BCUT2D eigenvalue weighted by molar-refractivity contribution is 0.485. The fourth-order valence-corrected chi connectivity index (χ4v) is 1.89. The van der Waals surface area contributed by atoms with Crippen molar-refractivity contribution in [3.63, 3.8) is 0 Å². The van der Waals surface area contributed by atoms with Crippen LogP contribution in [0, 0.1) is 34.0 Å². The van der Waals surface area contributed by atoms with Gasteiger partial charge >= 0.3 is 0 Å². The average molecular weight is 321 g/mol. The number of nitriles is 3. The maximum Gasteiger partial charge on any atom is 0.163 e. The van der Waals surface area contributed by atoms with E-state index in [1.165, 1.54) is 0 Å². The molecule has 2 aromatic carbocycles. The molecule has 110 valence electrons. The molecule has 0 saturated carbocycles. The Labute approximate surface area is 138 Å². The van der Waals surface area contributed by atoms with Gasteiger partial charge in [-0.1, -0.05) is 29.8 Å². The molecule has 2 aromatic rings. The predicted molar refractivity (Wildman–Crippen MR) is 85.5 cm³/mol. The molecule has 0 atom stereocenters. The van der Waals surface area contributed by atoms with E-state index in [1.54, 1.807) is 48.5 Å². The smallest absolute Gasteiger partial charge is 0.163 e. The predicted octanol–water partition coefficient (Wildman–Crippen LogP) is 4.37. The Morgan fingerprint density at radius 3 is 2.26 bits per heavy atom. The van der Waals surface area contributed by atoms with Gasteiger partial charge in [0.15, 0.2) is 11.3 Å². The third-order valence-corrected chi connectivity index (χ3v) is 2.99. The number of benzene rings is 2. The van der Waals surface area contributed by atoms with Crippen LogP contribution in [-0.4, -0.2) is 0 Å². The van der Waals surface area contributed by atoms with Crippen LogP contribution in [0.15, 0.2) is 59.8 Å². The minimum atomic E-state index is -0.321.